The van der Waals surface area contributed by atoms with Crippen LogP contribution in [0.5, 0.6) is 0 Å². The zero-order valence-electron chi connectivity index (χ0n) is 17.3. The van der Waals surface area contributed by atoms with Gasteiger partial charge in [-0.3, -0.25) is 4.90 Å². The highest BCUT2D eigenvalue weighted by Crippen LogP contribution is 2.23. The summed E-state index contributed by atoms with van der Waals surface area (Å²) in [5.74, 6) is 0.414. The zero-order chi connectivity index (χ0) is 21.2. The van der Waals surface area contributed by atoms with Crippen molar-refractivity contribution >= 4 is 11.6 Å². The average molecular weight is 421 g/mol. The van der Waals surface area contributed by atoms with Gasteiger partial charge in [0.15, 0.2) is 0 Å². The number of nitrogens with zero attached hydrogens (tertiary/aromatic N) is 5. The maximum atomic E-state index is 14.0. The number of rotatable bonds is 4. The summed E-state index contributed by atoms with van der Waals surface area (Å²) >= 11 is 0. The van der Waals surface area contributed by atoms with Gasteiger partial charge in [-0.2, -0.15) is 0 Å². The Bertz CT molecular complexity index is 1050. The second-order valence-corrected chi connectivity index (χ2v) is 8.14. The van der Waals surface area contributed by atoms with Crippen molar-refractivity contribution in [2.45, 2.75) is 19.5 Å². The van der Waals surface area contributed by atoms with Crippen LogP contribution in [0, 0.1) is 11.6 Å². The first-order valence-corrected chi connectivity index (χ1v) is 10.7. The van der Waals surface area contributed by atoms with Crippen molar-refractivity contribution in [2.24, 2.45) is 0 Å². The predicted molar refractivity (Wildman–Crippen MR) is 117 cm³/mol. The van der Waals surface area contributed by atoms with E-state index in [1.807, 2.05) is 30.5 Å². The van der Waals surface area contributed by atoms with Crippen LogP contribution in [0.1, 0.15) is 16.8 Å². The topological polar surface area (TPSA) is 35.5 Å². The van der Waals surface area contributed by atoms with Crippen LogP contribution in [-0.2, 0) is 19.5 Å². The van der Waals surface area contributed by atoms with Gasteiger partial charge in [-0.25, -0.2) is 18.7 Å². The Morgan fingerprint density at radius 3 is 2.35 bits per heavy atom. The smallest absolute Gasteiger partial charge is 0.225 e. The lowest BCUT2D eigenvalue weighted by Gasteiger charge is -2.36. The van der Waals surface area contributed by atoms with Gasteiger partial charge >= 0.3 is 0 Å². The van der Waals surface area contributed by atoms with Gasteiger partial charge in [0.1, 0.15) is 11.6 Å². The molecule has 2 aliphatic rings. The van der Waals surface area contributed by atoms with E-state index in [-0.39, 0.29) is 11.6 Å². The van der Waals surface area contributed by atoms with Gasteiger partial charge in [0, 0.05) is 75.2 Å². The highest BCUT2D eigenvalue weighted by molar-refractivity contribution is 5.48. The fourth-order valence-electron chi connectivity index (χ4n) is 4.34. The molecule has 0 bridgehead atoms. The Kier molecular flexibility index (Phi) is 5.51. The first-order chi connectivity index (χ1) is 15.2. The number of hydrogen-bond donors (Lipinski definition) is 0. The largest absolute Gasteiger partial charge is 0.368 e. The molecule has 0 saturated carbocycles. The van der Waals surface area contributed by atoms with Crippen LogP contribution < -0.4 is 9.80 Å². The van der Waals surface area contributed by atoms with Crippen LogP contribution in [0.25, 0.3) is 0 Å². The molecule has 0 atom stereocenters. The number of hydrogen-bond acceptors (Lipinski definition) is 5. The van der Waals surface area contributed by atoms with E-state index < -0.39 is 0 Å². The number of halogens is 2. The van der Waals surface area contributed by atoms with E-state index in [1.165, 1.54) is 18.2 Å². The third kappa shape index (κ3) is 4.37. The lowest BCUT2D eigenvalue weighted by molar-refractivity contribution is 0.239. The van der Waals surface area contributed by atoms with Crippen LogP contribution in [0.15, 0.2) is 54.7 Å². The monoisotopic (exact) mass is 421 g/mol. The molecule has 0 unspecified atom stereocenters. The van der Waals surface area contributed by atoms with Crippen molar-refractivity contribution in [3.05, 3.63) is 83.2 Å². The summed E-state index contributed by atoms with van der Waals surface area (Å²) in [6.45, 7) is 5.55. The second-order valence-electron chi connectivity index (χ2n) is 8.14. The summed E-state index contributed by atoms with van der Waals surface area (Å²) in [6, 6.07) is 13.6. The van der Waals surface area contributed by atoms with Gasteiger partial charge in [0.05, 0.1) is 5.69 Å². The molecule has 160 valence electrons. The molecule has 5 nitrogen and oxygen atoms in total. The van der Waals surface area contributed by atoms with Crippen LogP contribution in [0.4, 0.5) is 20.4 Å². The normalized spacial score (nSPS) is 17.0. The quantitative estimate of drug-likeness (QED) is 0.643. The van der Waals surface area contributed by atoms with Crippen LogP contribution in [0.2, 0.25) is 0 Å². The van der Waals surface area contributed by atoms with Gasteiger partial charge in [-0.05, 0) is 30.3 Å². The highest BCUT2D eigenvalue weighted by atomic mass is 19.1. The van der Waals surface area contributed by atoms with E-state index in [2.05, 4.69) is 19.7 Å². The molecule has 2 aromatic carbocycles. The van der Waals surface area contributed by atoms with Crippen molar-refractivity contribution in [2.75, 3.05) is 42.5 Å². The van der Waals surface area contributed by atoms with Gasteiger partial charge in [-0.15, -0.1) is 0 Å². The Hall–Kier alpha value is -3.06. The van der Waals surface area contributed by atoms with Crippen molar-refractivity contribution in [1.82, 2.24) is 14.9 Å². The van der Waals surface area contributed by atoms with Crippen molar-refractivity contribution in [3.63, 3.8) is 0 Å². The van der Waals surface area contributed by atoms with Gasteiger partial charge in [-0.1, -0.05) is 18.2 Å². The maximum Gasteiger partial charge on any atom is 0.225 e. The number of anilines is 2. The summed E-state index contributed by atoms with van der Waals surface area (Å²) in [5, 5.41) is 0. The summed E-state index contributed by atoms with van der Waals surface area (Å²) in [7, 11) is 0. The van der Waals surface area contributed by atoms with E-state index in [0.29, 0.717) is 6.54 Å². The molecule has 0 N–H and O–H groups in total. The van der Waals surface area contributed by atoms with Gasteiger partial charge in [0.25, 0.3) is 0 Å². The Labute approximate surface area is 181 Å². The molecular weight excluding hydrogens is 396 g/mol. The highest BCUT2D eigenvalue weighted by Gasteiger charge is 2.23. The molecule has 7 heteroatoms. The molecule has 0 aliphatic carbocycles. The molecule has 0 spiro atoms. The van der Waals surface area contributed by atoms with Gasteiger partial charge in [0.2, 0.25) is 5.95 Å². The number of aromatic nitrogens is 2. The summed E-state index contributed by atoms with van der Waals surface area (Å²) in [4.78, 5) is 16.2. The summed E-state index contributed by atoms with van der Waals surface area (Å²) in [5.41, 5.74) is 3.98. The molecule has 0 amide bonds. The molecule has 0 radical (unpaired) electrons. The lowest BCUT2D eigenvalue weighted by Crippen LogP contribution is -2.47. The molecule has 3 heterocycles. The number of fused-ring (bicyclic) bond motifs is 1. The molecule has 5 rings (SSSR count). The van der Waals surface area contributed by atoms with Crippen molar-refractivity contribution in [3.8, 4) is 0 Å². The molecular formula is C24H25F2N5. The number of benzene rings is 2. The number of piperazine rings is 1. The van der Waals surface area contributed by atoms with E-state index in [0.717, 1.165) is 74.1 Å². The van der Waals surface area contributed by atoms with E-state index in [4.69, 9.17) is 4.98 Å². The maximum absolute atomic E-state index is 14.0. The molecule has 1 fully saturated rings. The summed E-state index contributed by atoms with van der Waals surface area (Å²) in [6.07, 6.45) is 2.77. The van der Waals surface area contributed by atoms with Crippen molar-refractivity contribution < 1.29 is 8.78 Å². The molecule has 2 aliphatic heterocycles. The van der Waals surface area contributed by atoms with Gasteiger partial charge < -0.3 is 9.80 Å². The zero-order valence-corrected chi connectivity index (χ0v) is 17.3. The fraction of sp³-hybridized carbons (Fsp3) is 0.333. The first-order valence-electron chi connectivity index (χ1n) is 10.7. The minimum atomic E-state index is -0.211. The Morgan fingerprint density at radius 1 is 0.839 bits per heavy atom. The van der Waals surface area contributed by atoms with Crippen LogP contribution in [0.3, 0.4) is 0 Å². The molecule has 31 heavy (non-hydrogen) atoms. The third-order valence-electron chi connectivity index (χ3n) is 6.11. The first kappa shape index (κ1) is 19.9. The summed E-state index contributed by atoms with van der Waals surface area (Å²) < 4.78 is 27.1. The minimum Gasteiger partial charge on any atom is -0.368 e. The minimum absolute atomic E-state index is 0.153. The average Bonchev–Trinajstić information content (AvgIpc) is 2.81. The Balaban J connectivity index is 1.21. The standard InChI is InChI=1S/C24H25F2N5/c25-20-5-7-21(8-6-20)30-11-13-31(14-12-30)24-27-15-19-17-29(10-9-23(19)28-24)16-18-3-1-2-4-22(18)26/h1-8,15H,9-14,16-17H2. The molecule has 1 saturated heterocycles. The second kappa shape index (κ2) is 8.59. The fourth-order valence-corrected chi connectivity index (χ4v) is 4.34. The lowest BCUT2D eigenvalue weighted by atomic mass is 10.1. The van der Waals surface area contributed by atoms with E-state index in [9.17, 15) is 8.78 Å². The van der Waals surface area contributed by atoms with Crippen LogP contribution >= 0.6 is 0 Å². The Morgan fingerprint density at radius 2 is 1.58 bits per heavy atom. The third-order valence-corrected chi connectivity index (χ3v) is 6.11. The van der Waals surface area contributed by atoms with E-state index in [1.54, 1.807) is 6.07 Å². The SMILES string of the molecule is Fc1ccc(N2CCN(c3ncc4c(n3)CCN(Cc3ccccc3F)C4)CC2)cc1. The van der Waals surface area contributed by atoms with Crippen molar-refractivity contribution in [1.29, 1.82) is 0 Å². The molecule has 1 aromatic heterocycles. The van der Waals surface area contributed by atoms with E-state index >= 15 is 0 Å². The predicted octanol–water partition coefficient (Wildman–Crippen LogP) is 3.64. The van der Waals surface area contributed by atoms with Crippen LogP contribution in [-0.4, -0.2) is 47.6 Å². The molecule has 3 aromatic rings.